The molecule has 0 fully saturated rings. The van der Waals surface area contributed by atoms with E-state index in [4.69, 9.17) is 16.3 Å². The molecule has 0 bridgehead atoms. The third kappa shape index (κ3) is 5.77. The van der Waals surface area contributed by atoms with Crippen LogP contribution in [-0.4, -0.2) is 39.5 Å². The molecule has 3 rings (SSSR count). The first-order valence-corrected chi connectivity index (χ1v) is 10.7. The summed E-state index contributed by atoms with van der Waals surface area (Å²) in [4.78, 5) is 23.7. The van der Waals surface area contributed by atoms with E-state index in [0.29, 0.717) is 33.0 Å². The number of benzene rings is 2. The van der Waals surface area contributed by atoms with Crippen LogP contribution in [0.3, 0.4) is 0 Å². The molecule has 0 radical (unpaired) electrons. The zero-order valence-corrected chi connectivity index (χ0v) is 18.7. The van der Waals surface area contributed by atoms with Crippen LogP contribution < -0.4 is 10.1 Å². The largest absolute Gasteiger partial charge is 0.481 e. The van der Waals surface area contributed by atoms with Gasteiger partial charge in [0, 0.05) is 12.7 Å². The number of hydrogen-bond donors (Lipinski definition) is 1. The highest BCUT2D eigenvalue weighted by Crippen LogP contribution is 2.29. The Kier molecular flexibility index (Phi) is 7.54. The van der Waals surface area contributed by atoms with Gasteiger partial charge >= 0.3 is 5.97 Å². The lowest BCUT2D eigenvalue weighted by molar-refractivity contribution is -0.113. The maximum atomic E-state index is 12.3. The van der Waals surface area contributed by atoms with Crippen LogP contribution in [-0.2, 0) is 16.6 Å². The number of rotatable bonds is 8. The third-order valence-corrected chi connectivity index (χ3v) is 5.63. The molecule has 2 aromatic carbocycles. The van der Waals surface area contributed by atoms with E-state index in [2.05, 4.69) is 20.3 Å². The molecule has 0 spiro atoms. The van der Waals surface area contributed by atoms with Crippen LogP contribution in [0.1, 0.15) is 29.2 Å². The number of amides is 1. The average Bonchev–Trinajstić information content (AvgIpc) is 3.14. The second-order valence-electron chi connectivity index (χ2n) is 6.50. The molecule has 1 atom stereocenters. The number of hydrogen-bond acceptors (Lipinski definition) is 7. The van der Waals surface area contributed by atoms with E-state index >= 15 is 0 Å². The van der Waals surface area contributed by atoms with Crippen molar-refractivity contribution in [2.24, 2.45) is 7.05 Å². The van der Waals surface area contributed by atoms with Gasteiger partial charge in [-0.15, -0.1) is 10.2 Å². The Morgan fingerprint density at radius 3 is 2.55 bits per heavy atom. The molecular formula is C21H21ClN4O4S. The molecular weight excluding hydrogens is 440 g/mol. The maximum Gasteiger partial charge on any atom is 0.337 e. The summed E-state index contributed by atoms with van der Waals surface area (Å²) in [5.74, 6) is 0.678. The third-order valence-electron chi connectivity index (χ3n) is 4.29. The summed E-state index contributed by atoms with van der Waals surface area (Å²) >= 11 is 7.40. The Labute approximate surface area is 188 Å². The van der Waals surface area contributed by atoms with Crippen molar-refractivity contribution in [3.8, 4) is 5.75 Å². The molecule has 10 heteroatoms. The number of carbonyl (C=O) groups excluding carboxylic acids is 2. The predicted octanol–water partition coefficient (Wildman–Crippen LogP) is 4.13. The van der Waals surface area contributed by atoms with Gasteiger partial charge in [-0.25, -0.2) is 4.79 Å². The number of ether oxygens (including phenoxy) is 2. The van der Waals surface area contributed by atoms with Crippen molar-refractivity contribution in [1.82, 2.24) is 14.8 Å². The molecule has 31 heavy (non-hydrogen) atoms. The highest BCUT2D eigenvalue weighted by Gasteiger charge is 2.19. The van der Waals surface area contributed by atoms with Gasteiger partial charge in [-0.3, -0.25) is 4.79 Å². The smallest absolute Gasteiger partial charge is 0.337 e. The summed E-state index contributed by atoms with van der Waals surface area (Å²) < 4.78 is 12.3. The standard InChI is InChI=1S/C21H21ClN4O4S/c1-13(30-17-7-5-4-6-16(17)22)19-24-25-21(26(19)2)31-12-18(27)23-15-10-8-14(9-11-15)20(28)29-3/h4-11,13H,12H2,1-3H3,(H,23,27)/t13-/m1/s1. The number of nitrogens with zero attached hydrogens (tertiary/aromatic N) is 3. The van der Waals surface area contributed by atoms with Crippen molar-refractivity contribution in [2.45, 2.75) is 18.2 Å². The van der Waals surface area contributed by atoms with Crippen molar-refractivity contribution in [2.75, 3.05) is 18.2 Å². The van der Waals surface area contributed by atoms with Gasteiger partial charge in [0.15, 0.2) is 17.1 Å². The second kappa shape index (κ2) is 10.3. The molecule has 3 aromatic rings. The average molecular weight is 461 g/mol. The fourth-order valence-corrected chi connectivity index (χ4v) is 3.62. The highest BCUT2D eigenvalue weighted by molar-refractivity contribution is 7.99. The first-order chi connectivity index (χ1) is 14.9. The van der Waals surface area contributed by atoms with Crippen molar-refractivity contribution in [3.63, 3.8) is 0 Å². The van der Waals surface area contributed by atoms with Crippen molar-refractivity contribution >= 4 is 40.9 Å². The number of para-hydroxylation sites is 1. The van der Waals surface area contributed by atoms with Gasteiger partial charge in [0.25, 0.3) is 0 Å². The number of methoxy groups -OCH3 is 1. The van der Waals surface area contributed by atoms with Crippen LogP contribution in [0.15, 0.2) is 53.7 Å². The SMILES string of the molecule is COC(=O)c1ccc(NC(=O)CSc2nnc([C@@H](C)Oc3ccccc3Cl)n2C)cc1. The van der Waals surface area contributed by atoms with Crippen molar-refractivity contribution < 1.29 is 19.1 Å². The van der Waals surface area contributed by atoms with Crippen LogP contribution in [0.25, 0.3) is 0 Å². The van der Waals surface area contributed by atoms with Crippen LogP contribution in [0, 0.1) is 0 Å². The van der Waals surface area contributed by atoms with Crippen molar-refractivity contribution in [1.29, 1.82) is 0 Å². The van der Waals surface area contributed by atoms with Gasteiger partial charge in [-0.05, 0) is 43.3 Å². The number of carbonyl (C=O) groups is 2. The lowest BCUT2D eigenvalue weighted by Crippen LogP contribution is -2.15. The van der Waals surface area contributed by atoms with Gasteiger partial charge in [-0.2, -0.15) is 0 Å². The molecule has 1 amide bonds. The van der Waals surface area contributed by atoms with Gasteiger partial charge in [0.2, 0.25) is 5.91 Å². The zero-order chi connectivity index (χ0) is 22.4. The summed E-state index contributed by atoms with van der Waals surface area (Å²) in [6.07, 6.45) is -0.381. The monoisotopic (exact) mass is 460 g/mol. The number of nitrogens with one attached hydrogen (secondary N) is 1. The van der Waals surface area contributed by atoms with E-state index in [9.17, 15) is 9.59 Å². The number of esters is 1. The minimum atomic E-state index is -0.431. The van der Waals surface area contributed by atoms with E-state index in [1.165, 1.54) is 18.9 Å². The molecule has 162 valence electrons. The molecule has 0 aliphatic carbocycles. The first kappa shape index (κ1) is 22.6. The first-order valence-electron chi connectivity index (χ1n) is 9.30. The van der Waals surface area contributed by atoms with Crippen LogP contribution in [0.2, 0.25) is 5.02 Å². The molecule has 1 heterocycles. The lowest BCUT2D eigenvalue weighted by atomic mass is 10.2. The Balaban J connectivity index is 1.56. The molecule has 1 aromatic heterocycles. The molecule has 0 saturated carbocycles. The van der Waals surface area contributed by atoms with E-state index in [0.717, 1.165) is 0 Å². The highest BCUT2D eigenvalue weighted by atomic mass is 35.5. The molecule has 0 saturated heterocycles. The Morgan fingerprint density at radius 1 is 1.16 bits per heavy atom. The number of thioether (sulfide) groups is 1. The van der Waals surface area contributed by atoms with Crippen LogP contribution in [0.4, 0.5) is 5.69 Å². The quantitative estimate of drug-likeness (QED) is 0.399. The molecule has 0 aliphatic rings. The zero-order valence-electron chi connectivity index (χ0n) is 17.2. The van der Waals surface area contributed by atoms with Gasteiger partial charge in [0.05, 0.1) is 23.4 Å². The minimum Gasteiger partial charge on any atom is -0.481 e. The summed E-state index contributed by atoms with van der Waals surface area (Å²) in [5.41, 5.74) is 0.994. The Bertz CT molecular complexity index is 1070. The molecule has 0 aliphatic heterocycles. The molecule has 0 unspecified atom stereocenters. The van der Waals surface area contributed by atoms with E-state index in [-0.39, 0.29) is 17.8 Å². The van der Waals surface area contributed by atoms with E-state index in [1.807, 2.05) is 26.1 Å². The van der Waals surface area contributed by atoms with Gasteiger partial charge in [0.1, 0.15) is 5.75 Å². The topological polar surface area (TPSA) is 95.3 Å². The van der Waals surface area contributed by atoms with E-state index < -0.39 is 5.97 Å². The second-order valence-corrected chi connectivity index (χ2v) is 7.85. The lowest BCUT2D eigenvalue weighted by Gasteiger charge is -2.15. The summed E-state index contributed by atoms with van der Waals surface area (Å²) in [5, 5.41) is 12.2. The molecule has 1 N–H and O–H groups in total. The van der Waals surface area contributed by atoms with Gasteiger partial charge < -0.3 is 19.4 Å². The molecule has 8 nitrogen and oxygen atoms in total. The normalized spacial score (nSPS) is 11.6. The minimum absolute atomic E-state index is 0.143. The summed E-state index contributed by atoms with van der Waals surface area (Å²) in [7, 11) is 3.13. The fraction of sp³-hybridized carbons (Fsp3) is 0.238. The predicted molar refractivity (Wildman–Crippen MR) is 119 cm³/mol. The van der Waals surface area contributed by atoms with Gasteiger partial charge in [-0.1, -0.05) is 35.5 Å². The number of aromatic nitrogens is 3. The summed E-state index contributed by atoms with van der Waals surface area (Å²) in [6.45, 7) is 1.85. The number of anilines is 1. The Hall–Kier alpha value is -3.04. The van der Waals surface area contributed by atoms with Crippen LogP contribution in [0.5, 0.6) is 5.75 Å². The fourth-order valence-electron chi connectivity index (χ4n) is 2.72. The van der Waals surface area contributed by atoms with Crippen LogP contribution >= 0.6 is 23.4 Å². The summed E-state index contributed by atoms with van der Waals surface area (Å²) in [6, 6.07) is 13.7. The van der Waals surface area contributed by atoms with E-state index in [1.54, 1.807) is 41.0 Å². The Morgan fingerprint density at radius 2 is 1.87 bits per heavy atom. The maximum absolute atomic E-state index is 12.3. The van der Waals surface area contributed by atoms with Crippen molar-refractivity contribution in [3.05, 3.63) is 64.9 Å². The number of halogens is 1.